The van der Waals surface area contributed by atoms with Crippen molar-refractivity contribution in [1.29, 1.82) is 0 Å². The zero-order valence-electron chi connectivity index (χ0n) is 7.68. The summed E-state index contributed by atoms with van der Waals surface area (Å²) in [6.45, 7) is 5.62. The van der Waals surface area contributed by atoms with Crippen molar-refractivity contribution in [3.63, 3.8) is 0 Å². The van der Waals surface area contributed by atoms with E-state index in [9.17, 15) is 4.79 Å². The Balaban J connectivity index is 2.46. The lowest BCUT2D eigenvalue weighted by atomic mass is 9.95. The Morgan fingerprint density at radius 1 is 1.58 bits per heavy atom. The number of carbonyl (C=O) groups is 1. The lowest BCUT2D eigenvalue weighted by Gasteiger charge is -2.13. The maximum atomic E-state index is 11.5. The van der Waals surface area contributed by atoms with Crippen LogP contribution in [0.25, 0.3) is 0 Å². The minimum atomic E-state index is 0.108. The van der Waals surface area contributed by atoms with Crippen LogP contribution in [0.1, 0.15) is 32.6 Å². The van der Waals surface area contributed by atoms with E-state index in [0.717, 1.165) is 24.8 Å². The van der Waals surface area contributed by atoms with Gasteiger partial charge in [-0.2, -0.15) is 0 Å². The Bertz CT molecular complexity index is 198. The molecule has 2 atom stereocenters. The smallest absolute Gasteiger partial charge is 0.141 e. The van der Waals surface area contributed by atoms with Gasteiger partial charge in [-0.1, -0.05) is 18.6 Å². The summed E-state index contributed by atoms with van der Waals surface area (Å²) in [7, 11) is 0. The minimum absolute atomic E-state index is 0.108. The second kappa shape index (κ2) is 3.85. The molecular weight excluding hydrogens is 150 g/mol. The molecule has 0 aliphatic heterocycles. The van der Waals surface area contributed by atoms with Gasteiger partial charge in [-0.3, -0.25) is 4.79 Å². The van der Waals surface area contributed by atoms with Gasteiger partial charge >= 0.3 is 0 Å². The number of hydrogen-bond donors (Lipinski definition) is 1. The number of nitrogens with two attached hydrogens (primary N) is 1. The van der Waals surface area contributed by atoms with Crippen LogP contribution in [-0.2, 0) is 4.79 Å². The number of rotatable bonds is 3. The first-order valence-corrected chi connectivity index (χ1v) is 4.54. The first-order chi connectivity index (χ1) is 5.61. The molecule has 1 aliphatic rings. The maximum Gasteiger partial charge on any atom is 0.141 e. The molecule has 0 saturated heterocycles. The van der Waals surface area contributed by atoms with Crippen LogP contribution in [0.3, 0.4) is 0 Å². The van der Waals surface area contributed by atoms with Gasteiger partial charge < -0.3 is 5.73 Å². The molecule has 0 radical (unpaired) electrons. The Morgan fingerprint density at radius 2 is 2.25 bits per heavy atom. The van der Waals surface area contributed by atoms with Crippen LogP contribution in [0.5, 0.6) is 0 Å². The van der Waals surface area contributed by atoms with Gasteiger partial charge in [0, 0.05) is 18.4 Å². The van der Waals surface area contributed by atoms with E-state index in [2.05, 4.69) is 6.58 Å². The fourth-order valence-electron chi connectivity index (χ4n) is 1.82. The zero-order valence-corrected chi connectivity index (χ0v) is 7.68. The maximum absolute atomic E-state index is 11.5. The largest absolute Gasteiger partial charge is 0.327 e. The minimum Gasteiger partial charge on any atom is -0.327 e. The van der Waals surface area contributed by atoms with Crippen molar-refractivity contribution in [3.05, 3.63) is 12.2 Å². The molecule has 1 fully saturated rings. The predicted molar refractivity (Wildman–Crippen MR) is 49.8 cm³/mol. The molecule has 1 aliphatic carbocycles. The molecule has 1 saturated carbocycles. The van der Waals surface area contributed by atoms with Crippen LogP contribution in [0.2, 0.25) is 0 Å². The van der Waals surface area contributed by atoms with Crippen molar-refractivity contribution in [2.24, 2.45) is 11.7 Å². The topological polar surface area (TPSA) is 43.1 Å². The highest BCUT2D eigenvalue weighted by Crippen LogP contribution is 2.26. The van der Waals surface area contributed by atoms with Crippen molar-refractivity contribution in [2.45, 2.75) is 38.6 Å². The van der Waals surface area contributed by atoms with E-state index in [1.165, 1.54) is 0 Å². The molecule has 1 rings (SSSR count). The molecule has 12 heavy (non-hydrogen) atoms. The van der Waals surface area contributed by atoms with Crippen LogP contribution in [0, 0.1) is 5.92 Å². The van der Waals surface area contributed by atoms with E-state index in [4.69, 9.17) is 5.73 Å². The van der Waals surface area contributed by atoms with E-state index < -0.39 is 0 Å². The molecule has 0 amide bonds. The second-order valence-electron chi connectivity index (χ2n) is 3.80. The van der Waals surface area contributed by atoms with Crippen LogP contribution in [0.4, 0.5) is 0 Å². The van der Waals surface area contributed by atoms with Gasteiger partial charge in [0.2, 0.25) is 0 Å². The SMILES string of the molecule is C=C(C)CC(=O)C1CCCC1N. The molecule has 0 heterocycles. The lowest BCUT2D eigenvalue weighted by Crippen LogP contribution is -2.30. The summed E-state index contributed by atoms with van der Waals surface area (Å²) >= 11 is 0. The second-order valence-corrected chi connectivity index (χ2v) is 3.80. The summed E-state index contributed by atoms with van der Waals surface area (Å²) in [6.07, 6.45) is 3.60. The van der Waals surface area contributed by atoms with Gasteiger partial charge in [0.1, 0.15) is 5.78 Å². The molecule has 68 valence electrons. The highest BCUT2D eigenvalue weighted by atomic mass is 16.1. The summed E-state index contributed by atoms with van der Waals surface area (Å²) in [5.41, 5.74) is 6.75. The average Bonchev–Trinajstić information content (AvgIpc) is 2.33. The molecule has 2 heteroatoms. The normalized spacial score (nSPS) is 28.8. The van der Waals surface area contributed by atoms with Crippen LogP contribution in [0.15, 0.2) is 12.2 Å². The van der Waals surface area contributed by atoms with Crippen LogP contribution in [-0.4, -0.2) is 11.8 Å². The van der Waals surface area contributed by atoms with E-state index in [1.54, 1.807) is 0 Å². The Labute approximate surface area is 73.8 Å². The predicted octanol–water partition coefficient (Wildman–Crippen LogP) is 1.65. The third-order valence-corrected chi connectivity index (χ3v) is 2.46. The highest BCUT2D eigenvalue weighted by Gasteiger charge is 2.29. The monoisotopic (exact) mass is 167 g/mol. The molecule has 0 aromatic carbocycles. The van der Waals surface area contributed by atoms with Crippen molar-refractivity contribution >= 4 is 5.78 Å². The number of hydrogen-bond acceptors (Lipinski definition) is 2. The van der Waals surface area contributed by atoms with Gasteiger partial charge in [0.25, 0.3) is 0 Å². The van der Waals surface area contributed by atoms with E-state index >= 15 is 0 Å². The summed E-state index contributed by atoms with van der Waals surface area (Å²) < 4.78 is 0. The van der Waals surface area contributed by atoms with Crippen molar-refractivity contribution in [1.82, 2.24) is 0 Å². The highest BCUT2D eigenvalue weighted by molar-refractivity contribution is 5.83. The molecular formula is C10H17NO. The first-order valence-electron chi connectivity index (χ1n) is 4.54. The third kappa shape index (κ3) is 2.18. The summed E-state index contributed by atoms with van der Waals surface area (Å²) in [5, 5.41) is 0. The molecule has 2 unspecified atom stereocenters. The Morgan fingerprint density at radius 3 is 2.67 bits per heavy atom. The Kier molecular flexibility index (Phi) is 3.04. The summed E-state index contributed by atoms with van der Waals surface area (Å²) in [4.78, 5) is 11.5. The molecule has 0 spiro atoms. The first kappa shape index (κ1) is 9.46. The number of allylic oxidation sites excluding steroid dienone is 1. The van der Waals surface area contributed by atoms with Gasteiger partial charge in [-0.05, 0) is 19.8 Å². The summed E-state index contributed by atoms with van der Waals surface area (Å²) in [5.74, 6) is 0.397. The molecule has 2 N–H and O–H groups in total. The lowest BCUT2D eigenvalue weighted by molar-refractivity contribution is -0.122. The van der Waals surface area contributed by atoms with Crippen molar-refractivity contribution in [3.8, 4) is 0 Å². The van der Waals surface area contributed by atoms with Crippen molar-refractivity contribution in [2.75, 3.05) is 0 Å². The van der Waals surface area contributed by atoms with Crippen LogP contribution < -0.4 is 5.73 Å². The quantitative estimate of drug-likeness (QED) is 0.649. The van der Waals surface area contributed by atoms with E-state index in [1.807, 2.05) is 6.92 Å². The number of Topliss-reactive ketones (excluding diaryl/α,β-unsaturated/α-hetero) is 1. The van der Waals surface area contributed by atoms with Gasteiger partial charge in [0.05, 0.1) is 0 Å². The number of ketones is 1. The molecule has 0 aromatic heterocycles. The van der Waals surface area contributed by atoms with E-state index in [-0.39, 0.29) is 17.7 Å². The third-order valence-electron chi connectivity index (χ3n) is 2.46. The van der Waals surface area contributed by atoms with E-state index in [0.29, 0.717) is 6.42 Å². The molecule has 0 aromatic rings. The Hall–Kier alpha value is -0.630. The van der Waals surface area contributed by atoms with Crippen LogP contribution >= 0.6 is 0 Å². The standard InChI is InChI=1S/C10H17NO/c1-7(2)6-10(12)8-4-3-5-9(8)11/h8-9H,1,3-6,11H2,2H3. The average molecular weight is 167 g/mol. The zero-order chi connectivity index (χ0) is 9.14. The summed E-state index contributed by atoms with van der Waals surface area (Å²) in [6, 6.07) is 0.108. The van der Waals surface area contributed by atoms with Gasteiger partial charge in [-0.25, -0.2) is 0 Å². The van der Waals surface area contributed by atoms with Gasteiger partial charge in [0.15, 0.2) is 0 Å². The number of carbonyl (C=O) groups excluding carboxylic acids is 1. The van der Waals surface area contributed by atoms with Crippen molar-refractivity contribution < 1.29 is 4.79 Å². The molecule has 0 bridgehead atoms. The fraction of sp³-hybridized carbons (Fsp3) is 0.700. The van der Waals surface area contributed by atoms with Gasteiger partial charge in [-0.15, -0.1) is 0 Å². The fourth-order valence-corrected chi connectivity index (χ4v) is 1.82. The molecule has 2 nitrogen and oxygen atoms in total.